The molecule has 0 bridgehead atoms. The fourth-order valence-corrected chi connectivity index (χ4v) is 2.07. The van der Waals surface area contributed by atoms with Crippen LogP contribution in [0.15, 0.2) is 11.5 Å². The van der Waals surface area contributed by atoms with Crippen molar-refractivity contribution in [3.63, 3.8) is 0 Å². The van der Waals surface area contributed by atoms with Gasteiger partial charge >= 0.3 is 36.0 Å². The maximum Gasteiger partial charge on any atom is 0.491 e. The SMILES string of the molecule is CC(=O)OC1=C(OC(=O)C(F)(F)F)C(=O)OC1C(COC(=O)C(C)(C)C)OC(=O)C(C)(C)C. The van der Waals surface area contributed by atoms with Gasteiger partial charge in [-0.05, 0) is 41.5 Å². The van der Waals surface area contributed by atoms with Crippen molar-refractivity contribution in [3.8, 4) is 0 Å². The summed E-state index contributed by atoms with van der Waals surface area (Å²) in [6.45, 7) is 9.15. The predicted octanol–water partition coefficient (Wildman–Crippen LogP) is 2.34. The second kappa shape index (κ2) is 9.79. The number of hydrogen-bond donors (Lipinski definition) is 0. The van der Waals surface area contributed by atoms with Crippen molar-refractivity contribution < 1.29 is 60.8 Å². The number of halogens is 3. The van der Waals surface area contributed by atoms with Crippen LogP contribution in [0.1, 0.15) is 48.5 Å². The van der Waals surface area contributed by atoms with Crippen LogP contribution in [0.25, 0.3) is 0 Å². The minimum Gasteiger partial charge on any atom is -0.461 e. The number of carbonyl (C=O) groups excluding carboxylic acids is 5. The molecule has 1 aliphatic rings. The molecule has 0 spiro atoms. The standard InChI is InChI=1S/C20H25F3O10/c1-9(24)30-12-11(32-14(25)13(12)33-17(28)20(21,22)23)10(31-16(27)19(5,6)7)8-29-15(26)18(2,3)4/h10-11H,8H2,1-7H3. The zero-order valence-electron chi connectivity index (χ0n) is 19.1. The van der Waals surface area contributed by atoms with Gasteiger partial charge in [-0.3, -0.25) is 14.4 Å². The van der Waals surface area contributed by atoms with Crippen LogP contribution in [-0.2, 0) is 47.7 Å². The lowest BCUT2D eigenvalue weighted by atomic mass is 9.97. The Bertz CT molecular complexity index is 859. The van der Waals surface area contributed by atoms with Crippen molar-refractivity contribution in [2.45, 2.75) is 66.9 Å². The molecule has 0 aromatic rings. The Morgan fingerprint density at radius 3 is 1.85 bits per heavy atom. The van der Waals surface area contributed by atoms with Gasteiger partial charge in [-0.2, -0.15) is 13.2 Å². The largest absolute Gasteiger partial charge is 0.491 e. The predicted molar refractivity (Wildman–Crippen MR) is 101 cm³/mol. The first kappa shape index (κ1) is 27.9. The summed E-state index contributed by atoms with van der Waals surface area (Å²) in [6, 6.07) is 0. The number of hydrogen-bond acceptors (Lipinski definition) is 10. The van der Waals surface area contributed by atoms with Gasteiger partial charge in [-0.15, -0.1) is 0 Å². The molecule has 2 atom stereocenters. The summed E-state index contributed by atoms with van der Waals surface area (Å²) in [4.78, 5) is 59.4. The van der Waals surface area contributed by atoms with Crippen LogP contribution in [0, 0.1) is 10.8 Å². The van der Waals surface area contributed by atoms with Crippen LogP contribution in [0.4, 0.5) is 13.2 Å². The molecule has 13 heteroatoms. The van der Waals surface area contributed by atoms with Crippen molar-refractivity contribution in [3.05, 3.63) is 11.5 Å². The van der Waals surface area contributed by atoms with E-state index in [2.05, 4.69) is 4.74 Å². The fourth-order valence-electron chi connectivity index (χ4n) is 2.07. The highest BCUT2D eigenvalue weighted by atomic mass is 19.4. The van der Waals surface area contributed by atoms with E-state index in [0.717, 1.165) is 6.92 Å². The van der Waals surface area contributed by atoms with Gasteiger partial charge in [0.2, 0.25) is 11.9 Å². The molecule has 0 aromatic heterocycles. The van der Waals surface area contributed by atoms with E-state index >= 15 is 0 Å². The lowest BCUT2D eigenvalue weighted by Gasteiger charge is -2.28. The summed E-state index contributed by atoms with van der Waals surface area (Å²) in [5.41, 5.74) is -2.07. The molecule has 2 unspecified atom stereocenters. The summed E-state index contributed by atoms with van der Waals surface area (Å²) >= 11 is 0. The third kappa shape index (κ3) is 7.75. The topological polar surface area (TPSA) is 132 Å². The first-order valence-corrected chi connectivity index (χ1v) is 9.56. The van der Waals surface area contributed by atoms with Crippen LogP contribution in [0.5, 0.6) is 0 Å². The Kier molecular flexibility index (Phi) is 8.28. The maximum absolute atomic E-state index is 12.6. The van der Waals surface area contributed by atoms with E-state index in [1.54, 1.807) is 0 Å². The number of cyclic esters (lactones) is 1. The van der Waals surface area contributed by atoms with E-state index in [4.69, 9.17) is 18.9 Å². The van der Waals surface area contributed by atoms with Crippen molar-refractivity contribution in [1.29, 1.82) is 0 Å². The second-order valence-corrected chi connectivity index (χ2v) is 9.04. The number of ether oxygens (including phenoxy) is 5. The molecule has 0 fully saturated rings. The molecule has 1 heterocycles. The Balaban J connectivity index is 3.40. The molecule has 33 heavy (non-hydrogen) atoms. The van der Waals surface area contributed by atoms with Gasteiger partial charge in [-0.1, -0.05) is 0 Å². The van der Waals surface area contributed by atoms with Gasteiger partial charge in [0, 0.05) is 6.92 Å². The van der Waals surface area contributed by atoms with Gasteiger partial charge in [0.05, 0.1) is 10.8 Å². The van der Waals surface area contributed by atoms with Crippen molar-refractivity contribution in [2.24, 2.45) is 10.8 Å². The quantitative estimate of drug-likeness (QED) is 0.410. The molecule has 1 rings (SSSR count). The lowest BCUT2D eigenvalue weighted by Crippen LogP contribution is -2.42. The molecule has 186 valence electrons. The lowest BCUT2D eigenvalue weighted by molar-refractivity contribution is -0.196. The van der Waals surface area contributed by atoms with Crippen LogP contribution >= 0.6 is 0 Å². The molecule has 0 amide bonds. The maximum atomic E-state index is 12.6. The zero-order valence-corrected chi connectivity index (χ0v) is 19.1. The number of esters is 5. The van der Waals surface area contributed by atoms with Gasteiger partial charge in [0.1, 0.15) is 6.61 Å². The highest BCUT2D eigenvalue weighted by Gasteiger charge is 2.50. The summed E-state index contributed by atoms with van der Waals surface area (Å²) in [6.07, 6.45) is -8.98. The van der Waals surface area contributed by atoms with Crippen LogP contribution in [0.2, 0.25) is 0 Å². The molecule has 0 saturated carbocycles. The highest BCUT2D eigenvalue weighted by Crippen LogP contribution is 2.32. The van der Waals surface area contributed by atoms with E-state index in [1.807, 2.05) is 0 Å². The molecule has 0 aliphatic carbocycles. The molecular formula is C20H25F3O10. The normalized spacial score (nSPS) is 17.8. The molecule has 0 radical (unpaired) electrons. The minimum absolute atomic E-state index is 0.721. The number of carbonyl (C=O) groups is 5. The van der Waals surface area contributed by atoms with E-state index in [1.165, 1.54) is 41.5 Å². The molecule has 0 N–H and O–H groups in total. The van der Waals surface area contributed by atoms with Gasteiger partial charge in [-0.25, -0.2) is 9.59 Å². The highest BCUT2D eigenvalue weighted by molar-refractivity contribution is 5.94. The van der Waals surface area contributed by atoms with Crippen LogP contribution in [-0.4, -0.2) is 54.8 Å². The number of rotatable bonds is 6. The van der Waals surface area contributed by atoms with Crippen LogP contribution < -0.4 is 0 Å². The third-order valence-corrected chi connectivity index (χ3v) is 3.78. The third-order valence-electron chi connectivity index (χ3n) is 3.78. The summed E-state index contributed by atoms with van der Waals surface area (Å²) < 4.78 is 61.9. The van der Waals surface area contributed by atoms with Crippen molar-refractivity contribution in [2.75, 3.05) is 6.61 Å². The van der Waals surface area contributed by atoms with Crippen molar-refractivity contribution in [1.82, 2.24) is 0 Å². The average Bonchev–Trinajstić information content (AvgIpc) is 2.90. The number of alkyl halides is 3. The average molecular weight is 482 g/mol. The monoisotopic (exact) mass is 482 g/mol. The van der Waals surface area contributed by atoms with Gasteiger partial charge < -0.3 is 23.7 Å². The van der Waals surface area contributed by atoms with Gasteiger partial charge in [0.25, 0.3) is 5.76 Å². The summed E-state index contributed by atoms with van der Waals surface area (Å²) in [7, 11) is 0. The molecule has 0 saturated heterocycles. The molecular weight excluding hydrogens is 457 g/mol. The van der Waals surface area contributed by atoms with E-state index in [-0.39, 0.29) is 0 Å². The van der Waals surface area contributed by atoms with Crippen LogP contribution in [0.3, 0.4) is 0 Å². The Hall–Kier alpha value is -3.12. The summed E-state index contributed by atoms with van der Waals surface area (Å²) in [5.74, 6) is -9.37. The van der Waals surface area contributed by atoms with E-state index in [9.17, 15) is 37.1 Å². The summed E-state index contributed by atoms with van der Waals surface area (Å²) in [5, 5.41) is 0. The first-order valence-electron chi connectivity index (χ1n) is 9.56. The molecule has 10 nitrogen and oxygen atoms in total. The molecule has 1 aliphatic heterocycles. The second-order valence-electron chi connectivity index (χ2n) is 9.04. The van der Waals surface area contributed by atoms with E-state index in [0.29, 0.717) is 0 Å². The molecule has 0 aromatic carbocycles. The van der Waals surface area contributed by atoms with Gasteiger partial charge in [0.15, 0.2) is 6.10 Å². The fraction of sp³-hybridized carbons (Fsp3) is 0.650. The Morgan fingerprint density at radius 2 is 1.42 bits per heavy atom. The smallest absolute Gasteiger partial charge is 0.461 e. The van der Waals surface area contributed by atoms with Crippen molar-refractivity contribution >= 4 is 29.8 Å². The zero-order chi connectivity index (χ0) is 25.9. The van der Waals surface area contributed by atoms with E-state index < -0.39 is 77.2 Å². The Labute approximate surface area is 187 Å². The minimum atomic E-state index is -5.48. The Morgan fingerprint density at radius 1 is 0.909 bits per heavy atom. The first-order chi connectivity index (χ1) is 14.7.